The quantitative estimate of drug-likeness (QED) is 0.376. The van der Waals surface area contributed by atoms with Crippen LogP contribution in [-0.2, 0) is 21.7 Å². The topological polar surface area (TPSA) is 59.5 Å². The van der Waals surface area contributed by atoms with Crippen molar-refractivity contribution >= 4 is 40.1 Å². The Labute approximate surface area is 195 Å². The summed E-state index contributed by atoms with van der Waals surface area (Å²) in [6.07, 6.45) is 0.669. The van der Waals surface area contributed by atoms with Crippen LogP contribution in [0.25, 0.3) is 0 Å². The highest BCUT2D eigenvalue weighted by Gasteiger charge is 2.23. The van der Waals surface area contributed by atoms with Crippen LogP contribution in [0.3, 0.4) is 0 Å². The molecule has 5 nitrogen and oxygen atoms in total. The molecule has 0 saturated carbocycles. The fourth-order valence-electron chi connectivity index (χ4n) is 3.01. The van der Waals surface area contributed by atoms with Crippen LogP contribution >= 0.6 is 23.1 Å². The molecule has 3 rings (SSSR count). The van der Waals surface area contributed by atoms with E-state index in [9.17, 15) is 14.0 Å². The van der Waals surface area contributed by atoms with Gasteiger partial charge in [0, 0.05) is 17.2 Å². The van der Waals surface area contributed by atoms with Crippen molar-refractivity contribution < 1.29 is 18.7 Å². The summed E-state index contributed by atoms with van der Waals surface area (Å²) in [6, 6.07) is 16.2. The number of hydrogen-bond acceptors (Lipinski definition) is 6. The van der Waals surface area contributed by atoms with Gasteiger partial charge in [0.05, 0.1) is 12.4 Å². The van der Waals surface area contributed by atoms with Gasteiger partial charge in [-0.05, 0) is 43.5 Å². The van der Waals surface area contributed by atoms with Gasteiger partial charge in [-0.15, -0.1) is 23.1 Å². The molecule has 0 saturated heterocycles. The lowest BCUT2D eigenvalue weighted by molar-refractivity contribution is -0.116. The summed E-state index contributed by atoms with van der Waals surface area (Å²) in [6.45, 7) is 4.27. The minimum absolute atomic E-state index is 0.0859. The third kappa shape index (κ3) is 6.64. The van der Waals surface area contributed by atoms with E-state index >= 15 is 0 Å². The van der Waals surface area contributed by atoms with Crippen LogP contribution in [-0.4, -0.2) is 35.8 Å². The van der Waals surface area contributed by atoms with E-state index in [1.54, 1.807) is 30.9 Å². The molecule has 32 heavy (non-hydrogen) atoms. The van der Waals surface area contributed by atoms with E-state index in [1.165, 1.54) is 35.2 Å². The molecule has 0 bridgehead atoms. The number of aryl methyl sites for hydroxylation is 1. The molecule has 0 aliphatic carbocycles. The van der Waals surface area contributed by atoms with E-state index in [2.05, 4.69) is 4.98 Å². The number of carbonyl (C=O) groups excluding carboxylic acids is 2. The zero-order valence-corrected chi connectivity index (χ0v) is 19.7. The maximum Gasteiger partial charge on any atom is 0.358 e. The second-order valence-corrected chi connectivity index (χ2v) is 9.19. The Kier molecular flexibility index (Phi) is 8.81. The number of hydrogen-bond donors (Lipinski definition) is 0. The number of thioether (sulfide) groups is 1. The van der Waals surface area contributed by atoms with Crippen molar-refractivity contribution in [2.75, 3.05) is 23.8 Å². The van der Waals surface area contributed by atoms with Crippen molar-refractivity contribution in [2.45, 2.75) is 26.0 Å². The van der Waals surface area contributed by atoms with E-state index in [4.69, 9.17) is 4.74 Å². The number of nitrogens with zero attached hydrogens (tertiary/aromatic N) is 2. The summed E-state index contributed by atoms with van der Waals surface area (Å²) in [7, 11) is 0. The second-order valence-electron chi connectivity index (χ2n) is 7.02. The molecule has 1 aromatic heterocycles. The average molecular weight is 473 g/mol. The van der Waals surface area contributed by atoms with Gasteiger partial charge in [0.1, 0.15) is 5.82 Å². The summed E-state index contributed by atoms with van der Waals surface area (Å²) >= 11 is 2.78. The Balaban J connectivity index is 1.72. The number of rotatable bonds is 10. The number of amides is 1. The molecular formula is C24H25FN2O3S2. The van der Waals surface area contributed by atoms with Gasteiger partial charge < -0.3 is 4.74 Å². The molecule has 2 aromatic carbocycles. The predicted octanol–water partition coefficient (Wildman–Crippen LogP) is 5.28. The van der Waals surface area contributed by atoms with Gasteiger partial charge in [-0.3, -0.25) is 9.69 Å². The molecule has 1 heterocycles. The molecular weight excluding hydrogens is 447 g/mol. The number of benzene rings is 2. The van der Waals surface area contributed by atoms with Crippen molar-refractivity contribution in [1.29, 1.82) is 0 Å². The van der Waals surface area contributed by atoms with Crippen LogP contribution in [0.15, 0.2) is 54.6 Å². The molecule has 0 spiro atoms. The number of anilines is 1. The van der Waals surface area contributed by atoms with Crippen LogP contribution in [0, 0.1) is 12.7 Å². The number of halogens is 1. The average Bonchev–Trinajstić information content (AvgIpc) is 3.17. The van der Waals surface area contributed by atoms with Gasteiger partial charge in [0.15, 0.2) is 10.8 Å². The van der Waals surface area contributed by atoms with Crippen LogP contribution in [0.1, 0.15) is 33.4 Å². The molecule has 0 radical (unpaired) electrons. The van der Waals surface area contributed by atoms with Gasteiger partial charge in [0.2, 0.25) is 5.91 Å². The standard InChI is InChI=1S/C24H25FN2O3S2/c1-3-30-23(29)22-17(2)32-24(26-22)27(14-13-18-7-5-4-6-8-18)21(28)16-31-15-19-9-11-20(25)12-10-19/h4-12H,3,13-16H2,1-2H3. The monoisotopic (exact) mass is 472 g/mol. The van der Waals surface area contributed by atoms with E-state index in [0.29, 0.717) is 23.8 Å². The summed E-state index contributed by atoms with van der Waals surface area (Å²) in [5.41, 5.74) is 2.32. The minimum atomic E-state index is -0.478. The zero-order valence-electron chi connectivity index (χ0n) is 18.0. The smallest absolute Gasteiger partial charge is 0.358 e. The van der Waals surface area contributed by atoms with E-state index in [-0.39, 0.29) is 29.8 Å². The first-order valence-electron chi connectivity index (χ1n) is 10.3. The molecule has 168 valence electrons. The molecule has 8 heteroatoms. The Morgan fingerprint density at radius 2 is 1.81 bits per heavy atom. The Bertz CT molecular complexity index is 1040. The van der Waals surface area contributed by atoms with Crippen molar-refractivity contribution in [3.8, 4) is 0 Å². The highest BCUT2D eigenvalue weighted by atomic mass is 32.2. The molecule has 0 N–H and O–H groups in total. The van der Waals surface area contributed by atoms with Gasteiger partial charge >= 0.3 is 5.97 Å². The molecule has 0 atom stereocenters. The molecule has 3 aromatic rings. The lowest BCUT2D eigenvalue weighted by atomic mass is 10.1. The normalized spacial score (nSPS) is 10.7. The molecule has 0 fully saturated rings. The third-order valence-electron chi connectivity index (χ3n) is 4.66. The van der Waals surface area contributed by atoms with E-state index < -0.39 is 5.97 Å². The third-order valence-corrected chi connectivity index (χ3v) is 6.64. The van der Waals surface area contributed by atoms with Crippen LogP contribution in [0.2, 0.25) is 0 Å². The maximum absolute atomic E-state index is 13.1. The zero-order chi connectivity index (χ0) is 22.9. The number of ether oxygens (including phenoxy) is 1. The fraction of sp³-hybridized carbons (Fsp3) is 0.292. The number of thiazole rings is 1. The highest BCUT2D eigenvalue weighted by molar-refractivity contribution is 7.99. The van der Waals surface area contributed by atoms with Crippen molar-refractivity contribution in [3.05, 3.63) is 82.1 Å². The lowest BCUT2D eigenvalue weighted by Gasteiger charge is -2.20. The first-order valence-corrected chi connectivity index (χ1v) is 12.3. The van der Waals surface area contributed by atoms with Gasteiger partial charge in [0.25, 0.3) is 0 Å². The fourth-order valence-corrected chi connectivity index (χ4v) is 4.81. The summed E-state index contributed by atoms with van der Waals surface area (Å²) in [5.74, 6) is 0.00701. The second kappa shape index (κ2) is 11.8. The van der Waals surface area contributed by atoms with Crippen molar-refractivity contribution in [1.82, 2.24) is 4.98 Å². The van der Waals surface area contributed by atoms with E-state index in [1.807, 2.05) is 30.3 Å². The first-order chi connectivity index (χ1) is 15.5. The summed E-state index contributed by atoms with van der Waals surface area (Å²) in [4.78, 5) is 32.1. The van der Waals surface area contributed by atoms with Gasteiger partial charge in [-0.1, -0.05) is 42.5 Å². The maximum atomic E-state index is 13.1. The van der Waals surface area contributed by atoms with Gasteiger partial charge in [-0.2, -0.15) is 0 Å². The summed E-state index contributed by atoms with van der Waals surface area (Å²) in [5, 5.41) is 0.494. The van der Waals surface area contributed by atoms with Crippen LogP contribution in [0.4, 0.5) is 9.52 Å². The van der Waals surface area contributed by atoms with Crippen molar-refractivity contribution in [2.24, 2.45) is 0 Å². The Hall–Kier alpha value is -2.71. The Morgan fingerprint density at radius 3 is 2.50 bits per heavy atom. The molecule has 1 amide bonds. The van der Waals surface area contributed by atoms with Gasteiger partial charge in [-0.25, -0.2) is 14.2 Å². The van der Waals surface area contributed by atoms with Crippen molar-refractivity contribution in [3.63, 3.8) is 0 Å². The number of aromatic nitrogens is 1. The van der Waals surface area contributed by atoms with Crippen LogP contribution in [0.5, 0.6) is 0 Å². The SMILES string of the molecule is CCOC(=O)c1nc(N(CCc2ccccc2)C(=O)CSCc2ccc(F)cc2)sc1C. The number of esters is 1. The minimum Gasteiger partial charge on any atom is -0.461 e. The van der Waals surface area contributed by atoms with E-state index in [0.717, 1.165) is 16.0 Å². The highest BCUT2D eigenvalue weighted by Crippen LogP contribution is 2.27. The molecule has 0 unspecified atom stereocenters. The first kappa shape index (κ1) is 23.9. The lowest BCUT2D eigenvalue weighted by Crippen LogP contribution is -2.34. The Morgan fingerprint density at radius 1 is 1.09 bits per heavy atom. The molecule has 0 aliphatic heterocycles. The predicted molar refractivity (Wildman–Crippen MR) is 128 cm³/mol. The molecule has 0 aliphatic rings. The van der Waals surface area contributed by atoms with Crippen LogP contribution < -0.4 is 4.90 Å². The summed E-state index contributed by atoms with van der Waals surface area (Å²) < 4.78 is 18.2. The number of carbonyl (C=O) groups is 2. The largest absolute Gasteiger partial charge is 0.461 e.